The second-order valence-corrected chi connectivity index (χ2v) is 14.7. The molecule has 2 aromatic carbocycles. The third kappa shape index (κ3) is 5.90. The summed E-state index contributed by atoms with van der Waals surface area (Å²) in [5.74, 6) is -1.000. The zero-order chi connectivity index (χ0) is 33.1. The molecule has 4 aliphatic rings. The van der Waals surface area contributed by atoms with Crippen molar-refractivity contribution in [2.45, 2.75) is 80.0 Å². The van der Waals surface area contributed by atoms with E-state index in [4.69, 9.17) is 4.74 Å². The van der Waals surface area contributed by atoms with Gasteiger partial charge in [0.1, 0.15) is 11.8 Å². The van der Waals surface area contributed by atoms with Crippen LogP contribution in [0.1, 0.15) is 63.5 Å². The first-order valence-corrected chi connectivity index (χ1v) is 18.0. The zero-order valence-corrected chi connectivity index (χ0v) is 28.2. The molecule has 3 heterocycles. The van der Waals surface area contributed by atoms with Gasteiger partial charge in [0.15, 0.2) is 0 Å². The molecular formula is C38H47N3O5S. The minimum Gasteiger partial charge on any atom is -0.494 e. The van der Waals surface area contributed by atoms with Crippen LogP contribution in [0, 0.1) is 11.8 Å². The predicted molar refractivity (Wildman–Crippen MR) is 186 cm³/mol. The number of anilines is 1. The maximum atomic E-state index is 15.1. The molecule has 2 aromatic rings. The van der Waals surface area contributed by atoms with Gasteiger partial charge in [0.25, 0.3) is 0 Å². The molecule has 6 rings (SSSR count). The Hall–Kier alpha value is -3.56. The van der Waals surface area contributed by atoms with Crippen molar-refractivity contribution in [1.29, 1.82) is 0 Å². The van der Waals surface area contributed by atoms with E-state index in [0.29, 0.717) is 31.8 Å². The number of likely N-dealkylation sites (tertiary alicyclic amines) is 1. The largest absolute Gasteiger partial charge is 0.494 e. The first-order valence-electron chi connectivity index (χ1n) is 17.1. The van der Waals surface area contributed by atoms with Gasteiger partial charge in [-0.15, -0.1) is 24.9 Å². The molecule has 4 fully saturated rings. The van der Waals surface area contributed by atoms with Gasteiger partial charge >= 0.3 is 0 Å². The number of benzene rings is 2. The molecule has 3 saturated heterocycles. The molecule has 6 atom stereocenters. The van der Waals surface area contributed by atoms with Crippen LogP contribution in [-0.4, -0.2) is 81.0 Å². The highest BCUT2D eigenvalue weighted by Crippen LogP contribution is 2.67. The maximum absolute atomic E-state index is 15.1. The highest BCUT2D eigenvalue weighted by molar-refractivity contribution is 8.02. The first kappa shape index (κ1) is 33.3. The highest BCUT2D eigenvalue weighted by Gasteiger charge is 2.75. The van der Waals surface area contributed by atoms with E-state index in [9.17, 15) is 14.7 Å². The summed E-state index contributed by atoms with van der Waals surface area (Å²) in [5, 5.41) is 10.8. The van der Waals surface area contributed by atoms with Crippen LogP contribution < -0.4 is 9.64 Å². The van der Waals surface area contributed by atoms with E-state index >= 15 is 4.79 Å². The number of hydrogen-bond donors (Lipinski definition) is 1. The van der Waals surface area contributed by atoms with E-state index in [1.165, 1.54) is 0 Å². The number of nitrogens with zero attached hydrogens (tertiary/aromatic N) is 3. The van der Waals surface area contributed by atoms with Crippen molar-refractivity contribution in [3.8, 4) is 5.75 Å². The minimum absolute atomic E-state index is 0.0785. The lowest BCUT2D eigenvalue weighted by Crippen LogP contribution is -2.58. The number of fused-ring (bicyclic) bond motifs is 1. The molecular weight excluding hydrogens is 611 g/mol. The second-order valence-electron chi connectivity index (χ2n) is 13.1. The van der Waals surface area contributed by atoms with Crippen LogP contribution in [0.4, 0.5) is 5.69 Å². The molecule has 1 saturated carbocycles. The van der Waals surface area contributed by atoms with E-state index in [2.05, 4.69) is 13.2 Å². The van der Waals surface area contributed by atoms with Gasteiger partial charge in [-0.2, -0.15) is 0 Å². The smallest absolute Gasteiger partial charge is 0.247 e. The molecule has 3 aliphatic heterocycles. The monoisotopic (exact) mass is 657 g/mol. The topological polar surface area (TPSA) is 90.4 Å². The summed E-state index contributed by atoms with van der Waals surface area (Å²) < 4.78 is 4.86. The Morgan fingerprint density at radius 1 is 1.02 bits per heavy atom. The molecule has 2 bridgehead atoms. The van der Waals surface area contributed by atoms with Gasteiger partial charge < -0.3 is 24.5 Å². The van der Waals surface area contributed by atoms with Crippen molar-refractivity contribution < 1.29 is 24.2 Å². The summed E-state index contributed by atoms with van der Waals surface area (Å²) in [6.45, 7) is 10.7. The number of hydrogen-bond acceptors (Lipinski definition) is 6. The number of thioether (sulfide) groups is 1. The van der Waals surface area contributed by atoms with Crippen molar-refractivity contribution in [1.82, 2.24) is 9.80 Å². The fourth-order valence-electron chi connectivity index (χ4n) is 8.65. The zero-order valence-electron chi connectivity index (χ0n) is 27.3. The Morgan fingerprint density at radius 3 is 2.36 bits per heavy atom. The average molecular weight is 658 g/mol. The van der Waals surface area contributed by atoms with Crippen LogP contribution in [0.25, 0.3) is 0 Å². The Balaban J connectivity index is 1.42. The summed E-state index contributed by atoms with van der Waals surface area (Å²) in [4.78, 5) is 50.1. The Bertz CT molecular complexity index is 1460. The predicted octanol–water partition coefficient (Wildman–Crippen LogP) is 5.78. The SMILES string of the molecule is C=CCN(C(=O)[C@@H]1[C@H]2C(=O)N([C@H](CO)c3ccccc3)C(C(=O)N(CC=C)C3CCCCC3)C23CC[C@H]1S3)c1ccc(OCC)cc1. The summed E-state index contributed by atoms with van der Waals surface area (Å²) in [6, 6.07) is 15.5. The van der Waals surface area contributed by atoms with Gasteiger partial charge in [-0.05, 0) is 62.4 Å². The van der Waals surface area contributed by atoms with Gasteiger partial charge in [0, 0.05) is 30.1 Å². The second kappa shape index (κ2) is 14.3. The van der Waals surface area contributed by atoms with Crippen LogP contribution >= 0.6 is 11.8 Å². The lowest BCUT2D eigenvalue weighted by Gasteiger charge is -2.42. The van der Waals surface area contributed by atoms with E-state index < -0.39 is 28.7 Å². The molecule has 1 N–H and O–H groups in total. The van der Waals surface area contributed by atoms with Gasteiger partial charge in [-0.1, -0.05) is 61.7 Å². The van der Waals surface area contributed by atoms with E-state index in [0.717, 1.165) is 49.8 Å². The van der Waals surface area contributed by atoms with Gasteiger partial charge in [0.2, 0.25) is 17.7 Å². The molecule has 1 spiro atoms. The fraction of sp³-hybridized carbons (Fsp3) is 0.500. The van der Waals surface area contributed by atoms with Crippen molar-refractivity contribution in [2.75, 3.05) is 31.2 Å². The molecule has 250 valence electrons. The third-order valence-corrected chi connectivity index (χ3v) is 12.6. The average Bonchev–Trinajstić information content (AvgIpc) is 3.75. The molecule has 8 nitrogen and oxygen atoms in total. The quantitative estimate of drug-likeness (QED) is 0.275. The van der Waals surface area contributed by atoms with Crippen molar-refractivity contribution in [3.63, 3.8) is 0 Å². The van der Waals surface area contributed by atoms with Crippen molar-refractivity contribution in [3.05, 3.63) is 85.5 Å². The number of ether oxygens (including phenoxy) is 1. The lowest BCUT2D eigenvalue weighted by molar-refractivity contribution is -0.147. The summed E-state index contributed by atoms with van der Waals surface area (Å²) in [6.07, 6.45) is 10.0. The number of rotatable bonds is 13. The van der Waals surface area contributed by atoms with Gasteiger partial charge in [0.05, 0.1) is 35.8 Å². The summed E-state index contributed by atoms with van der Waals surface area (Å²) >= 11 is 1.66. The van der Waals surface area contributed by atoms with Crippen molar-refractivity contribution in [2.24, 2.45) is 11.8 Å². The first-order chi connectivity index (χ1) is 22.9. The molecule has 9 heteroatoms. The normalized spacial score (nSPS) is 27.3. The standard InChI is InChI=1S/C38H47N3O5S/c1-4-23-39(28-17-19-29(20-18-28)46-6-3)35(43)32-31-21-22-38(47-31)33(32)36(44)41(30(25-42)26-13-9-7-10-14-26)34(38)37(45)40(24-5-2)27-15-11-8-12-16-27/h4-5,7,9-10,13-14,17-20,27,30-34,42H,1-2,6,8,11-12,15-16,21-25H2,3H3/t30-,31-,32+,33+,34?,38?/m1/s1. The van der Waals surface area contributed by atoms with Crippen LogP contribution in [0.15, 0.2) is 79.9 Å². The third-order valence-electron chi connectivity index (χ3n) is 10.6. The highest BCUT2D eigenvalue weighted by atomic mass is 32.2. The number of aliphatic hydroxyl groups excluding tert-OH is 1. The maximum Gasteiger partial charge on any atom is 0.247 e. The van der Waals surface area contributed by atoms with E-state index in [1.54, 1.807) is 33.7 Å². The van der Waals surface area contributed by atoms with Gasteiger partial charge in [-0.25, -0.2) is 0 Å². The molecule has 3 amide bonds. The number of amides is 3. The van der Waals surface area contributed by atoms with Crippen molar-refractivity contribution >= 4 is 35.2 Å². The van der Waals surface area contributed by atoms with Crippen LogP contribution in [0.3, 0.4) is 0 Å². The molecule has 2 unspecified atom stereocenters. The fourth-order valence-corrected chi connectivity index (χ4v) is 10.8. The minimum atomic E-state index is -0.801. The van der Waals surface area contributed by atoms with Crippen LogP contribution in [0.5, 0.6) is 5.75 Å². The lowest BCUT2D eigenvalue weighted by atomic mass is 9.70. The Morgan fingerprint density at radius 2 is 1.72 bits per heavy atom. The van der Waals surface area contributed by atoms with Crippen LogP contribution in [0.2, 0.25) is 0 Å². The Kier molecular flexibility index (Phi) is 10.1. The number of carbonyl (C=O) groups excluding carboxylic acids is 3. The van der Waals surface area contributed by atoms with E-state index in [-0.39, 0.29) is 35.6 Å². The Labute approximate surface area is 282 Å². The molecule has 1 aliphatic carbocycles. The van der Waals surface area contributed by atoms with E-state index in [1.807, 2.05) is 66.4 Å². The summed E-state index contributed by atoms with van der Waals surface area (Å²) in [7, 11) is 0. The number of aliphatic hydroxyl groups is 1. The van der Waals surface area contributed by atoms with Crippen LogP contribution in [-0.2, 0) is 14.4 Å². The summed E-state index contributed by atoms with van der Waals surface area (Å²) in [5.41, 5.74) is 1.48. The molecule has 0 aromatic heterocycles. The van der Waals surface area contributed by atoms with Gasteiger partial charge in [-0.3, -0.25) is 14.4 Å². The molecule has 0 radical (unpaired) electrons. The molecule has 47 heavy (non-hydrogen) atoms. The number of carbonyl (C=O) groups is 3.